The molecular weight excluding hydrogens is 397 g/mol. The highest BCUT2D eigenvalue weighted by Gasteiger charge is 2.52. The predicted octanol–water partition coefficient (Wildman–Crippen LogP) is 5.94. The summed E-state index contributed by atoms with van der Waals surface area (Å²) in [7, 11) is 0. The molecule has 2 aliphatic heterocycles. The van der Waals surface area contributed by atoms with E-state index < -0.39 is 24.2 Å². The highest BCUT2D eigenvalue weighted by atomic mass is 19.4. The smallest absolute Gasteiger partial charge is 0.394 e. The van der Waals surface area contributed by atoms with Gasteiger partial charge in [-0.1, -0.05) is 33.6 Å². The lowest BCUT2D eigenvalue weighted by atomic mass is 9.79. The minimum atomic E-state index is -4.28. The SMILES string of the molecule is CCCCC(C)(CC=C(OC1CCCCO1)[C@@H]1[C@H]2CC(O)O[C@@H]2C[C@H]1C)C(F)(F)F. The lowest BCUT2D eigenvalue weighted by Gasteiger charge is -2.34. The quantitative estimate of drug-likeness (QED) is 0.480. The van der Waals surface area contributed by atoms with Gasteiger partial charge in [-0.15, -0.1) is 0 Å². The normalized spacial score (nSPS) is 37.1. The number of rotatable bonds is 8. The zero-order valence-corrected chi connectivity index (χ0v) is 18.4. The van der Waals surface area contributed by atoms with Crippen LogP contribution in [0.15, 0.2) is 11.8 Å². The van der Waals surface area contributed by atoms with Gasteiger partial charge in [-0.3, -0.25) is 0 Å². The lowest BCUT2D eigenvalue weighted by molar-refractivity contribution is -0.220. The van der Waals surface area contributed by atoms with Gasteiger partial charge in [0.25, 0.3) is 0 Å². The molecule has 3 aliphatic rings. The number of halogens is 3. The number of allylic oxidation sites excluding steroid dienone is 2. The van der Waals surface area contributed by atoms with Crippen molar-refractivity contribution in [1.82, 2.24) is 0 Å². The molecule has 0 bridgehead atoms. The van der Waals surface area contributed by atoms with Crippen LogP contribution >= 0.6 is 0 Å². The molecule has 1 aliphatic carbocycles. The van der Waals surface area contributed by atoms with Crippen LogP contribution in [0.2, 0.25) is 0 Å². The summed E-state index contributed by atoms with van der Waals surface area (Å²) >= 11 is 0. The number of ether oxygens (including phenoxy) is 3. The van der Waals surface area contributed by atoms with Crippen LogP contribution < -0.4 is 0 Å². The van der Waals surface area contributed by atoms with Crippen molar-refractivity contribution in [3.8, 4) is 0 Å². The first kappa shape index (κ1) is 23.9. The summed E-state index contributed by atoms with van der Waals surface area (Å²) in [6.45, 7) is 5.94. The summed E-state index contributed by atoms with van der Waals surface area (Å²) < 4.78 is 59.3. The van der Waals surface area contributed by atoms with Crippen LogP contribution in [0, 0.1) is 23.2 Å². The van der Waals surface area contributed by atoms with E-state index in [2.05, 4.69) is 6.92 Å². The predicted molar refractivity (Wildman–Crippen MR) is 107 cm³/mol. The molecule has 2 heterocycles. The molecule has 7 atom stereocenters. The van der Waals surface area contributed by atoms with Crippen molar-refractivity contribution in [2.24, 2.45) is 23.2 Å². The van der Waals surface area contributed by atoms with Crippen LogP contribution in [-0.4, -0.2) is 36.6 Å². The average molecular weight is 435 g/mol. The van der Waals surface area contributed by atoms with Crippen LogP contribution in [0.5, 0.6) is 0 Å². The van der Waals surface area contributed by atoms with Gasteiger partial charge in [0.05, 0.1) is 23.9 Å². The van der Waals surface area contributed by atoms with E-state index in [0.29, 0.717) is 25.2 Å². The van der Waals surface area contributed by atoms with E-state index in [1.165, 1.54) is 6.92 Å². The van der Waals surface area contributed by atoms with Gasteiger partial charge in [0.2, 0.25) is 0 Å². The van der Waals surface area contributed by atoms with E-state index in [4.69, 9.17) is 14.2 Å². The van der Waals surface area contributed by atoms with Crippen molar-refractivity contribution in [3.05, 3.63) is 11.8 Å². The molecule has 3 rings (SSSR count). The van der Waals surface area contributed by atoms with Gasteiger partial charge in [0.15, 0.2) is 12.6 Å². The second-order valence-corrected chi connectivity index (χ2v) is 9.65. The van der Waals surface area contributed by atoms with Crippen molar-refractivity contribution >= 4 is 0 Å². The largest absolute Gasteiger partial charge is 0.469 e. The second-order valence-electron chi connectivity index (χ2n) is 9.65. The van der Waals surface area contributed by atoms with Gasteiger partial charge in [-0.2, -0.15) is 13.2 Å². The molecule has 0 spiro atoms. The van der Waals surface area contributed by atoms with Gasteiger partial charge in [-0.05, 0) is 44.1 Å². The number of unbranched alkanes of at least 4 members (excludes halogenated alkanes) is 1. The van der Waals surface area contributed by atoms with Crippen molar-refractivity contribution < 1.29 is 32.5 Å². The Labute approximate surface area is 178 Å². The van der Waals surface area contributed by atoms with E-state index in [9.17, 15) is 18.3 Å². The summed E-state index contributed by atoms with van der Waals surface area (Å²) in [6, 6.07) is 0. The Bertz CT molecular complexity index is 587. The standard InChI is InChI=1S/C23H37F3O4/c1-4-5-10-22(3,23(24,25)26)11-9-17(30-20-8-6-7-12-28-20)21-15(2)13-18-16(21)14-19(27)29-18/h9,15-16,18-21,27H,4-8,10-14H2,1-3H3/t15-,16+,18-,19?,20?,21+,22?/m1/s1. The van der Waals surface area contributed by atoms with E-state index in [0.717, 1.165) is 32.1 Å². The summed E-state index contributed by atoms with van der Waals surface area (Å²) in [6.07, 6.45) is 1.39. The summed E-state index contributed by atoms with van der Waals surface area (Å²) in [4.78, 5) is 0. The van der Waals surface area contributed by atoms with E-state index in [1.807, 2.05) is 6.92 Å². The molecule has 0 radical (unpaired) electrons. The number of hydrogen-bond acceptors (Lipinski definition) is 4. The highest BCUT2D eigenvalue weighted by Crippen LogP contribution is 2.51. The summed E-state index contributed by atoms with van der Waals surface area (Å²) in [5, 5.41) is 9.95. The maximum Gasteiger partial charge on any atom is 0.394 e. The van der Waals surface area contributed by atoms with Gasteiger partial charge < -0.3 is 19.3 Å². The number of hydrogen-bond donors (Lipinski definition) is 1. The molecule has 2 saturated heterocycles. The second kappa shape index (κ2) is 9.78. The van der Waals surface area contributed by atoms with Crippen molar-refractivity contribution in [2.45, 2.75) is 103 Å². The Kier molecular flexibility index (Phi) is 7.78. The van der Waals surface area contributed by atoms with Crippen LogP contribution in [-0.2, 0) is 14.2 Å². The summed E-state index contributed by atoms with van der Waals surface area (Å²) in [5.74, 6) is 0.834. The minimum absolute atomic E-state index is 0.0543. The molecule has 0 aromatic heterocycles. The van der Waals surface area contributed by atoms with Crippen LogP contribution in [0.1, 0.15) is 78.6 Å². The number of aliphatic hydroxyl groups excluding tert-OH is 1. The Hall–Kier alpha value is -0.790. The fourth-order valence-corrected chi connectivity index (χ4v) is 5.25. The van der Waals surface area contributed by atoms with E-state index >= 15 is 0 Å². The molecule has 1 N–H and O–H groups in total. The molecule has 0 amide bonds. The molecule has 174 valence electrons. The maximum atomic E-state index is 13.9. The first-order chi connectivity index (χ1) is 14.1. The zero-order chi connectivity index (χ0) is 21.9. The molecular formula is C23H37F3O4. The highest BCUT2D eigenvalue weighted by molar-refractivity contribution is 5.11. The molecule has 0 aromatic rings. The third kappa shape index (κ3) is 5.33. The van der Waals surface area contributed by atoms with Gasteiger partial charge in [-0.25, -0.2) is 0 Å². The van der Waals surface area contributed by atoms with Crippen LogP contribution in [0.25, 0.3) is 0 Å². The zero-order valence-electron chi connectivity index (χ0n) is 18.4. The lowest BCUT2D eigenvalue weighted by Crippen LogP contribution is -2.35. The first-order valence-corrected chi connectivity index (χ1v) is 11.5. The van der Waals surface area contributed by atoms with Gasteiger partial charge in [0, 0.05) is 24.7 Å². The average Bonchev–Trinajstić information content (AvgIpc) is 3.17. The molecule has 0 aromatic carbocycles. The monoisotopic (exact) mass is 434 g/mol. The molecule has 7 heteroatoms. The molecule has 3 fully saturated rings. The Morgan fingerprint density at radius 3 is 2.63 bits per heavy atom. The van der Waals surface area contributed by atoms with Gasteiger partial charge >= 0.3 is 6.18 Å². The Balaban J connectivity index is 1.84. The fraction of sp³-hybridized carbons (Fsp3) is 0.913. The molecule has 30 heavy (non-hydrogen) atoms. The summed E-state index contributed by atoms with van der Waals surface area (Å²) in [5.41, 5.74) is -1.78. The third-order valence-electron chi connectivity index (χ3n) is 7.22. The Morgan fingerprint density at radius 1 is 1.23 bits per heavy atom. The van der Waals surface area contributed by atoms with Gasteiger partial charge in [0.1, 0.15) is 0 Å². The van der Waals surface area contributed by atoms with Crippen molar-refractivity contribution in [2.75, 3.05) is 6.61 Å². The first-order valence-electron chi connectivity index (χ1n) is 11.5. The maximum absolute atomic E-state index is 13.9. The minimum Gasteiger partial charge on any atom is -0.469 e. The number of aliphatic hydroxyl groups is 1. The Morgan fingerprint density at radius 2 is 2.00 bits per heavy atom. The number of alkyl halides is 3. The molecule has 1 saturated carbocycles. The third-order valence-corrected chi connectivity index (χ3v) is 7.22. The topological polar surface area (TPSA) is 47.9 Å². The fourth-order valence-electron chi connectivity index (χ4n) is 5.25. The molecule has 3 unspecified atom stereocenters. The van der Waals surface area contributed by atoms with E-state index in [1.54, 1.807) is 6.08 Å². The number of fused-ring (bicyclic) bond motifs is 1. The van der Waals surface area contributed by atoms with Crippen LogP contribution in [0.4, 0.5) is 13.2 Å². The van der Waals surface area contributed by atoms with Crippen molar-refractivity contribution in [1.29, 1.82) is 0 Å². The van der Waals surface area contributed by atoms with Crippen LogP contribution in [0.3, 0.4) is 0 Å². The van der Waals surface area contributed by atoms with Crippen molar-refractivity contribution in [3.63, 3.8) is 0 Å². The van der Waals surface area contributed by atoms with E-state index in [-0.39, 0.29) is 36.7 Å². The molecule has 4 nitrogen and oxygen atoms in total.